The molecule has 3 rings (SSSR count). The van der Waals surface area contributed by atoms with Crippen LogP contribution in [0.3, 0.4) is 0 Å². The summed E-state index contributed by atoms with van der Waals surface area (Å²) in [7, 11) is 0. The van der Waals surface area contributed by atoms with Crippen molar-refractivity contribution in [1.29, 1.82) is 0 Å². The quantitative estimate of drug-likeness (QED) is 0.704. The van der Waals surface area contributed by atoms with Crippen LogP contribution in [0.2, 0.25) is 0 Å². The molecule has 0 aliphatic rings. The monoisotopic (exact) mass is 305 g/mol. The van der Waals surface area contributed by atoms with Gasteiger partial charge in [0.25, 0.3) is 0 Å². The van der Waals surface area contributed by atoms with E-state index in [-0.39, 0.29) is 0 Å². The van der Waals surface area contributed by atoms with Crippen molar-refractivity contribution >= 4 is 0 Å². The number of aromatic nitrogens is 3. The Morgan fingerprint density at radius 1 is 1.00 bits per heavy atom. The Hall–Kier alpha value is -2.42. The smallest absolute Gasteiger partial charge is 0.0833 e. The molecule has 1 unspecified atom stereocenters. The van der Waals surface area contributed by atoms with Gasteiger partial charge in [-0.05, 0) is 37.3 Å². The third-order valence-electron chi connectivity index (χ3n) is 4.10. The Bertz CT molecular complexity index is 754. The first-order valence-corrected chi connectivity index (χ1v) is 8.11. The second-order valence-corrected chi connectivity index (χ2v) is 6.42. The second-order valence-electron chi connectivity index (χ2n) is 6.42. The van der Waals surface area contributed by atoms with Gasteiger partial charge in [0.15, 0.2) is 0 Å². The zero-order valence-electron chi connectivity index (χ0n) is 14.0. The molecule has 3 aromatic rings. The first-order chi connectivity index (χ1) is 11.1. The largest absolute Gasteiger partial charge is 0.248 e. The lowest BCUT2D eigenvalue weighted by Crippen LogP contribution is -2.00. The summed E-state index contributed by atoms with van der Waals surface area (Å²) in [5.74, 6) is 0.440. The van der Waals surface area contributed by atoms with E-state index in [1.54, 1.807) is 0 Å². The zero-order chi connectivity index (χ0) is 16.2. The fourth-order valence-corrected chi connectivity index (χ4v) is 3.01. The van der Waals surface area contributed by atoms with Gasteiger partial charge in [-0.25, -0.2) is 4.68 Å². The van der Waals surface area contributed by atoms with Gasteiger partial charge in [0.05, 0.1) is 12.2 Å². The molecular weight excluding hydrogens is 282 g/mol. The molecule has 3 nitrogen and oxygen atoms in total. The molecule has 0 bridgehead atoms. The number of benzene rings is 2. The van der Waals surface area contributed by atoms with Gasteiger partial charge >= 0.3 is 0 Å². The molecule has 0 radical (unpaired) electrons. The van der Waals surface area contributed by atoms with E-state index in [9.17, 15) is 0 Å². The predicted molar refractivity (Wildman–Crippen MR) is 93.6 cm³/mol. The van der Waals surface area contributed by atoms with Crippen molar-refractivity contribution in [2.24, 2.45) is 0 Å². The summed E-state index contributed by atoms with van der Waals surface area (Å²) in [5, 5.41) is 8.60. The number of rotatable bonds is 5. The minimum absolute atomic E-state index is 0.440. The fourth-order valence-electron chi connectivity index (χ4n) is 3.01. The molecule has 0 fully saturated rings. The van der Waals surface area contributed by atoms with Crippen LogP contribution in [0.25, 0.3) is 0 Å². The molecule has 0 spiro atoms. The summed E-state index contributed by atoms with van der Waals surface area (Å²) >= 11 is 0. The zero-order valence-corrected chi connectivity index (χ0v) is 14.0. The van der Waals surface area contributed by atoms with Gasteiger partial charge in [-0.3, -0.25) is 0 Å². The molecule has 1 atom stereocenters. The van der Waals surface area contributed by atoms with Gasteiger partial charge in [0.2, 0.25) is 0 Å². The fraction of sp³-hybridized carbons (Fsp3) is 0.300. The van der Waals surface area contributed by atoms with Crippen molar-refractivity contribution in [2.45, 2.75) is 39.7 Å². The Balaban J connectivity index is 1.68. The molecule has 0 aliphatic carbocycles. The van der Waals surface area contributed by atoms with Crippen LogP contribution in [-0.2, 0) is 13.0 Å². The van der Waals surface area contributed by atoms with Crippen molar-refractivity contribution in [3.8, 4) is 0 Å². The van der Waals surface area contributed by atoms with Crippen LogP contribution in [0.1, 0.15) is 40.8 Å². The van der Waals surface area contributed by atoms with Crippen LogP contribution in [0.5, 0.6) is 0 Å². The minimum atomic E-state index is 0.440. The highest BCUT2D eigenvalue weighted by Gasteiger charge is 2.11. The maximum Gasteiger partial charge on any atom is 0.0833 e. The molecule has 0 N–H and O–H groups in total. The number of hydrogen-bond acceptors (Lipinski definition) is 2. The molecular formula is C20H23N3. The van der Waals surface area contributed by atoms with E-state index in [0.29, 0.717) is 5.92 Å². The van der Waals surface area contributed by atoms with Gasteiger partial charge in [-0.15, -0.1) is 5.10 Å². The summed E-state index contributed by atoms with van der Waals surface area (Å²) < 4.78 is 1.92. The highest BCUT2D eigenvalue weighted by atomic mass is 15.4. The van der Waals surface area contributed by atoms with Crippen molar-refractivity contribution in [3.63, 3.8) is 0 Å². The lowest BCUT2D eigenvalue weighted by molar-refractivity contribution is 0.648. The average Bonchev–Trinajstić information content (AvgIpc) is 2.94. The third-order valence-corrected chi connectivity index (χ3v) is 4.10. The molecule has 3 heteroatoms. The highest BCUT2D eigenvalue weighted by Crippen LogP contribution is 2.22. The van der Waals surface area contributed by atoms with E-state index >= 15 is 0 Å². The Morgan fingerprint density at radius 2 is 1.70 bits per heavy atom. The van der Waals surface area contributed by atoms with Gasteiger partial charge < -0.3 is 0 Å². The van der Waals surface area contributed by atoms with Crippen molar-refractivity contribution in [1.82, 2.24) is 15.0 Å². The highest BCUT2D eigenvalue weighted by molar-refractivity contribution is 5.31. The minimum Gasteiger partial charge on any atom is -0.248 e. The molecule has 2 aromatic carbocycles. The van der Waals surface area contributed by atoms with E-state index in [1.807, 2.05) is 10.7 Å². The van der Waals surface area contributed by atoms with E-state index in [0.717, 1.165) is 18.7 Å². The van der Waals surface area contributed by atoms with Crippen molar-refractivity contribution < 1.29 is 0 Å². The maximum absolute atomic E-state index is 4.34. The Kier molecular flexibility index (Phi) is 4.56. The lowest BCUT2D eigenvalue weighted by atomic mass is 9.93. The topological polar surface area (TPSA) is 30.7 Å². The summed E-state index contributed by atoms with van der Waals surface area (Å²) in [5.41, 5.74) is 6.30. The van der Waals surface area contributed by atoms with Crippen LogP contribution in [0.15, 0.2) is 54.7 Å². The van der Waals surface area contributed by atoms with Crippen LogP contribution in [0.4, 0.5) is 0 Å². The molecule has 1 aromatic heterocycles. The first kappa shape index (κ1) is 15.5. The Labute approximate surface area is 138 Å². The molecule has 0 amide bonds. The van der Waals surface area contributed by atoms with Crippen LogP contribution >= 0.6 is 0 Å². The van der Waals surface area contributed by atoms with Crippen LogP contribution in [0, 0.1) is 13.8 Å². The van der Waals surface area contributed by atoms with Crippen molar-refractivity contribution in [2.75, 3.05) is 0 Å². The SMILES string of the molecule is Cc1cc(C)cc(C(C)Cc2cn(Cc3ccccc3)nn2)c1. The van der Waals surface area contributed by atoms with Crippen LogP contribution < -0.4 is 0 Å². The van der Waals surface area contributed by atoms with Gasteiger partial charge in [-0.2, -0.15) is 0 Å². The number of hydrogen-bond donors (Lipinski definition) is 0. The maximum atomic E-state index is 4.34. The summed E-state index contributed by atoms with van der Waals surface area (Å²) in [6.45, 7) is 7.33. The van der Waals surface area contributed by atoms with Gasteiger partial charge in [-0.1, -0.05) is 71.8 Å². The number of aryl methyl sites for hydroxylation is 2. The van der Waals surface area contributed by atoms with Gasteiger partial charge in [0, 0.05) is 6.20 Å². The molecule has 23 heavy (non-hydrogen) atoms. The number of nitrogens with zero attached hydrogens (tertiary/aromatic N) is 3. The summed E-state index contributed by atoms with van der Waals surface area (Å²) in [6.07, 6.45) is 2.98. The molecule has 1 heterocycles. The molecule has 0 saturated heterocycles. The predicted octanol–water partition coefficient (Wildman–Crippen LogP) is 4.29. The normalized spacial score (nSPS) is 12.3. The van der Waals surface area contributed by atoms with E-state index in [1.165, 1.54) is 22.3 Å². The standard InChI is InChI=1S/C20H23N3/c1-15-9-16(2)11-19(10-15)17(3)12-20-14-23(22-21-20)13-18-7-5-4-6-8-18/h4-11,14,17H,12-13H2,1-3H3. The molecule has 118 valence electrons. The lowest BCUT2D eigenvalue weighted by Gasteiger charge is -2.12. The molecule has 0 saturated carbocycles. The van der Waals surface area contributed by atoms with E-state index in [4.69, 9.17) is 0 Å². The van der Waals surface area contributed by atoms with E-state index in [2.05, 4.69) is 79.7 Å². The average molecular weight is 305 g/mol. The van der Waals surface area contributed by atoms with Crippen molar-refractivity contribution in [3.05, 3.63) is 82.7 Å². The molecule has 0 aliphatic heterocycles. The third kappa shape index (κ3) is 4.07. The summed E-state index contributed by atoms with van der Waals surface area (Å²) in [6, 6.07) is 17.1. The van der Waals surface area contributed by atoms with E-state index < -0.39 is 0 Å². The first-order valence-electron chi connectivity index (χ1n) is 8.11. The second kappa shape index (κ2) is 6.78. The Morgan fingerprint density at radius 3 is 2.39 bits per heavy atom. The van der Waals surface area contributed by atoms with Gasteiger partial charge in [0.1, 0.15) is 0 Å². The summed E-state index contributed by atoms with van der Waals surface area (Å²) in [4.78, 5) is 0. The van der Waals surface area contributed by atoms with Crippen LogP contribution in [-0.4, -0.2) is 15.0 Å².